The molecule has 0 spiro atoms. The van der Waals surface area contributed by atoms with Gasteiger partial charge in [-0.05, 0) is 51.1 Å². The second kappa shape index (κ2) is 8.82. The third kappa shape index (κ3) is 4.52. The highest BCUT2D eigenvalue weighted by Crippen LogP contribution is 2.28. The van der Waals surface area contributed by atoms with Crippen LogP contribution < -0.4 is 5.32 Å². The van der Waals surface area contributed by atoms with Crippen LogP contribution in [-0.4, -0.2) is 53.9 Å². The largest absolute Gasteiger partial charge is 0.373 e. The number of ether oxygens (including phenoxy) is 1. The molecule has 1 amide bonds. The van der Waals surface area contributed by atoms with E-state index in [1.54, 1.807) is 6.92 Å². The van der Waals surface area contributed by atoms with E-state index in [0.717, 1.165) is 11.0 Å². The summed E-state index contributed by atoms with van der Waals surface area (Å²) in [6, 6.07) is 11.4. The van der Waals surface area contributed by atoms with Crippen molar-refractivity contribution in [1.29, 1.82) is 0 Å². The number of nitrogens with one attached hydrogen (secondary N) is 2. The number of sulfonamides is 1. The summed E-state index contributed by atoms with van der Waals surface area (Å²) in [5.74, 6) is 0.187. The lowest BCUT2D eigenvalue weighted by Crippen LogP contribution is -2.48. The number of aromatic amines is 1. The molecule has 2 heterocycles. The lowest BCUT2D eigenvalue weighted by atomic mass is 10.2. The first-order valence-corrected chi connectivity index (χ1v) is 12.2. The van der Waals surface area contributed by atoms with E-state index in [2.05, 4.69) is 15.3 Å². The Morgan fingerprint density at radius 2 is 1.91 bits per heavy atom. The highest BCUT2D eigenvalue weighted by molar-refractivity contribution is 7.89. The van der Waals surface area contributed by atoms with Crippen LogP contribution in [0, 0.1) is 0 Å². The van der Waals surface area contributed by atoms with E-state index >= 15 is 0 Å². The molecule has 1 fully saturated rings. The molecule has 2 N–H and O–H groups in total. The molecule has 1 aromatic heterocycles. The van der Waals surface area contributed by atoms with Gasteiger partial charge in [-0.2, -0.15) is 4.31 Å². The molecule has 32 heavy (non-hydrogen) atoms. The van der Waals surface area contributed by atoms with Gasteiger partial charge in [0.25, 0.3) is 5.91 Å². The normalized spacial score (nSPS) is 20.9. The number of benzene rings is 2. The van der Waals surface area contributed by atoms with Crippen molar-refractivity contribution in [2.24, 2.45) is 0 Å². The summed E-state index contributed by atoms with van der Waals surface area (Å²) in [4.78, 5) is 20.5. The lowest BCUT2D eigenvalue weighted by Gasteiger charge is -2.34. The molecule has 2 aromatic carbocycles. The molecule has 1 saturated heterocycles. The van der Waals surface area contributed by atoms with Crippen molar-refractivity contribution in [2.45, 2.75) is 43.9 Å². The minimum Gasteiger partial charge on any atom is -0.373 e. The molecule has 0 aliphatic carbocycles. The monoisotopic (exact) mass is 476 g/mol. The van der Waals surface area contributed by atoms with Gasteiger partial charge in [0, 0.05) is 18.7 Å². The molecule has 0 radical (unpaired) electrons. The quantitative estimate of drug-likeness (QED) is 0.586. The number of morpholine rings is 1. The van der Waals surface area contributed by atoms with Gasteiger partial charge in [-0.15, -0.1) is 0 Å². The standard InChI is InChI=1S/C22H25ClN4O4S/c1-13-11-27(12-14(2)31-13)32(29,30)20-10-16(8-9-17(20)23)22(28)24-15(3)21-25-18-6-4-5-7-19(18)26-21/h4-10,13-15H,11-12H2,1-3H3,(H,24,28)(H,25,26)/t13-,14+,15-/m0/s1. The van der Waals surface area contributed by atoms with Crippen molar-refractivity contribution in [3.8, 4) is 0 Å². The van der Waals surface area contributed by atoms with Crippen LogP contribution >= 0.6 is 11.6 Å². The Morgan fingerprint density at radius 3 is 2.59 bits per heavy atom. The van der Waals surface area contributed by atoms with Crippen molar-refractivity contribution in [3.05, 3.63) is 58.9 Å². The van der Waals surface area contributed by atoms with E-state index in [1.807, 2.05) is 38.1 Å². The number of hydrogen-bond acceptors (Lipinski definition) is 5. The first kappa shape index (κ1) is 22.7. The van der Waals surface area contributed by atoms with Crippen LogP contribution in [0.25, 0.3) is 11.0 Å². The molecular formula is C22H25ClN4O4S. The molecule has 3 aromatic rings. The Bertz CT molecular complexity index is 1220. The third-order valence-corrected chi connectivity index (χ3v) is 7.68. The molecular weight excluding hydrogens is 452 g/mol. The highest BCUT2D eigenvalue weighted by Gasteiger charge is 2.34. The third-order valence-electron chi connectivity index (χ3n) is 5.36. The zero-order valence-electron chi connectivity index (χ0n) is 18.0. The fraction of sp³-hybridized carbons (Fsp3) is 0.364. The molecule has 0 unspecified atom stereocenters. The minimum atomic E-state index is -3.89. The minimum absolute atomic E-state index is 0.0682. The average molecular weight is 477 g/mol. The second-order valence-electron chi connectivity index (χ2n) is 8.06. The van der Waals surface area contributed by atoms with Gasteiger partial charge in [0.15, 0.2) is 0 Å². The van der Waals surface area contributed by atoms with Gasteiger partial charge in [0.05, 0.1) is 34.3 Å². The average Bonchev–Trinajstić information content (AvgIpc) is 3.17. The summed E-state index contributed by atoms with van der Waals surface area (Å²) >= 11 is 6.24. The molecule has 170 valence electrons. The second-order valence-corrected chi connectivity index (χ2v) is 10.4. The number of hydrogen-bond donors (Lipinski definition) is 2. The van der Waals surface area contributed by atoms with Gasteiger partial charge in [-0.25, -0.2) is 13.4 Å². The van der Waals surface area contributed by atoms with Crippen LogP contribution in [0.4, 0.5) is 0 Å². The number of aromatic nitrogens is 2. The predicted molar refractivity (Wildman–Crippen MR) is 122 cm³/mol. The van der Waals surface area contributed by atoms with Gasteiger partial charge in [-0.3, -0.25) is 4.79 Å². The summed E-state index contributed by atoms with van der Waals surface area (Å²) in [5.41, 5.74) is 1.88. The van der Waals surface area contributed by atoms with E-state index in [9.17, 15) is 13.2 Å². The Balaban J connectivity index is 1.56. The van der Waals surface area contributed by atoms with Crippen molar-refractivity contribution >= 4 is 38.6 Å². The summed E-state index contributed by atoms with van der Waals surface area (Å²) < 4.78 is 33.5. The van der Waals surface area contributed by atoms with E-state index < -0.39 is 22.0 Å². The number of para-hydroxylation sites is 2. The molecule has 10 heteroatoms. The smallest absolute Gasteiger partial charge is 0.251 e. The zero-order valence-corrected chi connectivity index (χ0v) is 19.6. The Hall–Kier alpha value is -2.46. The number of nitrogens with zero attached hydrogens (tertiary/aromatic N) is 2. The van der Waals surface area contributed by atoms with Crippen molar-refractivity contribution < 1.29 is 17.9 Å². The van der Waals surface area contributed by atoms with Crippen LogP contribution in [-0.2, 0) is 14.8 Å². The fourth-order valence-electron chi connectivity index (χ4n) is 3.83. The maximum absolute atomic E-state index is 13.3. The number of carbonyl (C=O) groups excluding carboxylic acids is 1. The van der Waals surface area contributed by atoms with E-state index in [1.165, 1.54) is 22.5 Å². The van der Waals surface area contributed by atoms with Gasteiger partial charge < -0.3 is 15.0 Å². The van der Waals surface area contributed by atoms with E-state index in [4.69, 9.17) is 16.3 Å². The molecule has 1 aliphatic heterocycles. The molecule has 1 aliphatic rings. The van der Waals surface area contributed by atoms with Gasteiger partial charge in [0.1, 0.15) is 10.7 Å². The number of imidazole rings is 1. The molecule has 3 atom stereocenters. The number of H-pyrrole nitrogens is 1. The number of halogens is 1. The Kier molecular flexibility index (Phi) is 6.26. The first-order valence-electron chi connectivity index (χ1n) is 10.4. The van der Waals surface area contributed by atoms with Crippen molar-refractivity contribution in [3.63, 3.8) is 0 Å². The van der Waals surface area contributed by atoms with Crippen LogP contribution in [0.1, 0.15) is 43.0 Å². The van der Waals surface area contributed by atoms with Crippen LogP contribution in [0.2, 0.25) is 5.02 Å². The molecule has 0 saturated carbocycles. The zero-order chi connectivity index (χ0) is 23.0. The van der Waals surface area contributed by atoms with Gasteiger partial charge in [0.2, 0.25) is 10.0 Å². The first-order chi connectivity index (χ1) is 15.1. The van der Waals surface area contributed by atoms with E-state index in [-0.39, 0.29) is 40.8 Å². The van der Waals surface area contributed by atoms with E-state index in [0.29, 0.717) is 5.82 Å². The topological polar surface area (TPSA) is 104 Å². The SMILES string of the molecule is C[C@@H]1CN(S(=O)(=O)c2cc(C(=O)N[C@@H](C)c3nc4ccccc4[nH]3)ccc2Cl)C[C@H](C)O1. The predicted octanol–water partition coefficient (Wildman–Crippen LogP) is 3.51. The number of amides is 1. The Morgan fingerprint density at radius 1 is 1.22 bits per heavy atom. The fourth-order valence-corrected chi connectivity index (χ4v) is 5.93. The summed E-state index contributed by atoms with van der Waals surface area (Å²) in [6.45, 7) is 5.90. The highest BCUT2D eigenvalue weighted by atomic mass is 35.5. The van der Waals surface area contributed by atoms with Crippen LogP contribution in [0.5, 0.6) is 0 Å². The maximum Gasteiger partial charge on any atom is 0.251 e. The van der Waals surface area contributed by atoms with Gasteiger partial charge >= 0.3 is 0 Å². The molecule has 4 rings (SSSR count). The van der Waals surface area contributed by atoms with Crippen LogP contribution in [0.15, 0.2) is 47.4 Å². The number of rotatable bonds is 5. The van der Waals surface area contributed by atoms with Crippen molar-refractivity contribution in [1.82, 2.24) is 19.6 Å². The lowest BCUT2D eigenvalue weighted by molar-refractivity contribution is -0.0440. The molecule has 0 bridgehead atoms. The van der Waals surface area contributed by atoms with Crippen molar-refractivity contribution in [2.75, 3.05) is 13.1 Å². The van der Waals surface area contributed by atoms with Gasteiger partial charge in [-0.1, -0.05) is 23.7 Å². The number of fused-ring (bicyclic) bond motifs is 1. The summed E-state index contributed by atoms with van der Waals surface area (Å²) in [7, 11) is -3.89. The summed E-state index contributed by atoms with van der Waals surface area (Å²) in [6.07, 6.45) is -0.466. The number of carbonyl (C=O) groups is 1. The van der Waals surface area contributed by atoms with Crippen LogP contribution in [0.3, 0.4) is 0 Å². The summed E-state index contributed by atoms with van der Waals surface area (Å²) in [5, 5.41) is 2.93. The Labute approximate surface area is 192 Å². The maximum atomic E-state index is 13.3. The molecule has 8 nitrogen and oxygen atoms in total.